The minimum Gasteiger partial charge on any atom is -0.463 e. The lowest BCUT2D eigenvalue weighted by atomic mass is 9.96. The summed E-state index contributed by atoms with van der Waals surface area (Å²) in [6.07, 6.45) is -5.52. The summed E-state index contributed by atoms with van der Waals surface area (Å²) in [7, 11) is 0. The molecule has 1 fully saturated rings. The number of aliphatic hydroxyl groups is 2. The molecule has 0 aliphatic carbocycles. The lowest BCUT2D eigenvalue weighted by Gasteiger charge is -2.44. The van der Waals surface area contributed by atoms with Gasteiger partial charge in [0.1, 0.15) is 24.9 Å². The fourth-order valence-electron chi connectivity index (χ4n) is 3.59. The van der Waals surface area contributed by atoms with Gasteiger partial charge in [0.15, 0.2) is 18.5 Å². The predicted octanol–water partition coefficient (Wildman–Crippen LogP) is -1.92. The number of amides is 1. The van der Waals surface area contributed by atoms with E-state index >= 15 is 0 Å². The van der Waals surface area contributed by atoms with E-state index in [-0.39, 0.29) is 46.2 Å². The van der Waals surface area contributed by atoms with Crippen LogP contribution in [-0.4, -0.2) is 143 Å². The van der Waals surface area contributed by atoms with Crippen molar-refractivity contribution in [2.24, 2.45) is 0 Å². The maximum atomic E-state index is 11.9. The Balaban J connectivity index is 2.52. The molecule has 1 aliphatic heterocycles. The number of ether oxygens (including phenoxy) is 9. The summed E-state index contributed by atoms with van der Waals surface area (Å²) < 4.78 is 48.7. The number of carbonyl (C=O) groups is 4. The fraction of sp³-hybridized carbons (Fsp3) is 0.840. The van der Waals surface area contributed by atoms with Gasteiger partial charge in [-0.2, -0.15) is 0 Å². The molecule has 0 spiro atoms. The van der Waals surface area contributed by atoms with Crippen LogP contribution in [0.25, 0.3) is 0 Å². The Kier molecular flexibility index (Phi) is 19.0. The van der Waals surface area contributed by atoms with Crippen molar-refractivity contribution in [1.29, 1.82) is 0 Å². The van der Waals surface area contributed by atoms with Gasteiger partial charge in [0.05, 0.1) is 66.1 Å². The molecule has 0 radical (unpaired) electrons. The summed E-state index contributed by atoms with van der Waals surface area (Å²) in [6.45, 7) is 6.07. The highest BCUT2D eigenvalue weighted by molar-refractivity contribution is 5.73. The van der Waals surface area contributed by atoms with Crippen LogP contribution in [0.3, 0.4) is 0 Å². The van der Waals surface area contributed by atoms with Crippen molar-refractivity contribution in [3.8, 4) is 0 Å². The van der Waals surface area contributed by atoms with Crippen molar-refractivity contribution in [3.63, 3.8) is 0 Å². The van der Waals surface area contributed by atoms with E-state index in [1.54, 1.807) is 0 Å². The molecule has 3 N–H and O–H groups in total. The molecular formula is C25H43NO15. The summed E-state index contributed by atoms with van der Waals surface area (Å²) in [5.74, 6) is -2.48. The molecular weight excluding hydrogens is 554 g/mol. The van der Waals surface area contributed by atoms with Crippen LogP contribution in [0.5, 0.6) is 0 Å². The van der Waals surface area contributed by atoms with Crippen LogP contribution in [0, 0.1) is 0 Å². The van der Waals surface area contributed by atoms with Gasteiger partial charge < -0.3 is 58.2 Å². The Hall–Kier alpha value is -2.44. The highest BCUT2D eigenvalue weighted by atomic mass is 16.7. The van der Waals surface area contributed by atoms with E-state index in [2.05, 4.69) is 5.32 Å². The molecule has 0 aromatic rings. The largest absolute Gasteiger partial charge is 0.463 e. The quantitative estimate of drug-likeness (QED) is 0.0749. The van der Waals surface area contributed by atoms with Crippen LogP contribution >= 0.6 is 0 Å². The van der Waals surface area contributed by atoms with E-state index in [0.29, 0.717) is 26.4 Å². The first-order chi connectivity index (χ1) is 19.5. The molecule has 1 rings (SSSR count). The van der Waals surface area contributed by atoms with E-state index in [0.717, 1.165) is 13.8 Å². The van der Waals surface area contributed by atoms with Crippen LogP contribution in [0.4, 0.5) is 0 Å². The third kappa shape index (κ3) is 16.6. The van der Waals surface area contributed by atoms with Crippen LogP contribution in [0.2, 0.25) is 0 Å². The van der Waals surface area contributed by atoms with Gasteiger partial charge in [0.25, 0.3) is 0 Å². The molecule has 16 nitrogen and oxygen atoms in total. The number of hydrogen-bond donors (Lipinski definition) is 3. The summed E-state index contributed by atoms with van der Waals surface area (Å²) in [5, 5.41) is 20.4. The highest BCUT2D eigenvalue weighted by Crippen LogP contribution is 2.28. The lowest BCUT2D eigenvalue weighted by molar-refractivity contribution is -0.279. The molecule has 238 valence electrons. The Bertz CT molecular complexity index is 782. The molecule has 0 saturated carbocycles. The SMILES string of the molecule is CC(=O)N[C@H]1[C@H](OCCOCCOCCOCCOC[C@H](O)CO)O[C@H](COC(C)=O)[C@H](OC(C)=O)[C@@H]1OC(C)=O. The average molecular weight is 598 g/mol. The molecule has 0 unspecified atom stereocenters. The number of nitrogens with one attached hydrogen (secondary N) is 1. The molecule has 1 heterocycles. The minimum atomic E-state index is -1.20. The number of aliphatic hydroxyl groups excluding tert-OH is 2. The summed E-state index contributed by atoms with van der Waals surface area (Å²) in [6, 6.07) is -1.05. The van der Waals surface area contributed by atoms with E-state index in [4.69, 9.17) is 52.8 Å². The molecule has 0 bridgehead atoms. The first-order valence-electron chi connectivity index (χ1n) is 13.2. The Morgan fingerprint density at radius 1 is 0.756 bits per heavy atom. The first kappa shape index (κ1) is 36.6. The lowest BCUT2D eigenvalue weighted by Crippen LogP contribution is -2.66. The topological polar surface area (TPSA) is 204 Å². The zero-order valence-corrected chi connectivity index (χ0v) is 23.9. The average Bonchev–Trinajstić information content (AvgIpc) is 2.89. The Morgan fingerprint density at radius 3 is 1.76 bits per heavy atom. The second kappa shape index (κ2) is 21.3. The fourth-order valence-corrected chi connectivity index (χ4v) is 3.59. The molecule has 1 amide bonds. The third-order valence-electron chi connectivity index (χ3n) is 5.22. The maximum absolute atomic E-state index is 11.9. The smallest absolute Gasteiger partial charge is 0.303 e. The second-order valence-electron chi connectivity index (χ2n) is 8.84. The van der Waals surface area contributed by atoms with Crippen LogP contribution in [0.15, 0.2) is 0 Å². The van der Waals surface area contributed by atoms with E-state index in [1.807, 2.05) is 0 Å². The van der Waals surface area contributed by atoms with Crippen LogP contribution in [-0.2, 0) is 61.8 Å². The van der Waals surface area contributed by atoms with Gasteiger partial charge in [0.2, 0.25) is 5.91 Å². The van der Waals surface area contributed by atoms with Crippen LogP contribution < -0.4 is 5.32 Å². The van der Waals surface area contributed by atoms with Crippen molar-refractivity contribution in [2.75, 3.05) is 72.7 Å². The molecule has 0 aromatic heterocycles. The van der Waals surface area contributed by atoms with Gasteiger partial charge in [-0.05, 0) is 0 Å². The number of rotatable bonds is 21. The molecule has 1 saturated heterocycles. The van der Waals surface area contributed by atoms with Gasteiger partial charge in [-0.1, -0.05) is 0 Å². The summed E-state index contributed by atoms with van der Waals surface area (Å²) >= 11 is 0. The van der Waals surface area contributed by atoms with Crippen molar-refractivity contribution in [1.82, 2.24) is 5.32 Å². The normalized spacial score (nSPS) is 22.9. The van der Waals surface area contributed by atoms with Crippen molar-refractivity contribution in [3.05, 3.63) is 0 Å². The van der Waals surface area contributed by atoms with E-state index in [1.165, 1.54) is 13.8 Å². The Labute approximate surface area is 238 Å². The van der Waals surface area contributed by atoms with Gasteiger partial charge in [-0.15, -0.1) is 0 Å². The molecule has 6 atom stereocenters. The van der Waals surface area contributed by atoms with Gasteiger partial charge >= 0.3 is 17.9 Å². The molecule has 0 aromatic carbocycles. The number of hydrogen-bond acceptors (Lipinski definition) is 15. The molecule has 1 aliphatic rings. The van der Waals surface area contributed by atoms with Gasteiger partial charge in [-0.3, -0.25) is 19.2 Å². The zero-order valence-electron chi connectivity index (χ0n) is 23.9. The first-order valence-corrected chi connectivity index (χ1v) is 13.2. The third-order valence-corrected chi connectivity index (χ3v) is 5.22. The zero-order chi connectivity index (χ0) is 30.6. The summed E-state index contributed by atoms with van der Waals surface area (Å²) in [4.78, 5) is 47.0. The van der Waals surface area contributed by atoms with E-state index in [9.17, 15) is 19.2 Å². The van der Waals surface area contributed by atoms with Crippen molar-refractivity contribution < 1.29 is 72.0 Å². The summed E-state index contributed by atoms with van der Waals surface area (Å²) in [5.41, 5.74) is 0. The Morgan fingerprint density at radius 2 is 1.27 bits per heavy atom. The number of carbonyl (C=O) groups excluding carboxylic acids is 4. The molecule has 16 heteroatoms. The maximum Gasteiger partial charge on any atom is 0.303 e. The van der Waals surface area contributed by atoms with Crippen molar-refractivity contribution >= 4 is 23.8 Å². The highest BCUT2D eigenvalue weighted by Gasteiger charge is 2.51. The van der Waals surface area contributed by atoms with Gasteiger partial charge in [-0.25, -0.2) is 0 Å². The monoisotopic (exact) mass is 597 g/mol. The second-order valence-corrected chi connectivity index (χ2v) is 8.84. The van der Waals surface area contributed by atoms with Gasteiger partial charge in [0, 0.05) is 27.7 Å². The standard InChI is InChI=1S/C25H43NO15/c1-16(28)26-22-24(40-19(4)31)23(39-18(3)30)21(15-38-17(2)29)41-25(22)37-12-11-35-8-7-33-5-6-34-9-10-36-14-20(32)13-27/h20-25,27,32H,5-15H2,1-4H3,(H,26,28)/t20-,21-,22-,23+,24-,25-/m1/s1. The van der Waals surface area contributed by atoms with Crippen molar-refractivity contribution in [2.45, 2.75) is 64.4 Å². The van der Waals surface area contributed by atoms with Crippen LogP contribution in [0.1, 0.15) is 27.7 Å². The predicted molar refractivity (Wildman–Crippen MR) is 136 cm³/mol. The number of esters is 3. The minimum absolute atomic E-state index is 0.0140. The molecule has 41 heavy (non-hydrogen) atoms. The van der Waals surface area contributed by atoms with E-state index < -0.39 is 60.6 Å².